The van der Waals surface area contributed by atoms with E-state index in [1.54, 1.807) is 0 Å². The van der Waals surface area contributed by atoms with E-state index in [1.807, 2.05) is 24.3 Å². The normalized spacial score (nSPS) is 14.1. The van der Waals surface area contributed by atoms with Gasteiger partial charge in [-0.2, -0.15) is 0 Å². The van der Waals surface area contributed by atoms with E-state index in [0.29, 0.717) is 6.54 Å². The summed E-state index contributed by atoms with van der Waals surface area (Å²) in [6, 6.07) is 7.72. The average molecular weight is 265 g/mol. The third-order valence-electron chi connectivity index (χ3n) is 3.40. The standard InChI is InChI=1S/C16H27NO2/c1-3-5-11-19-15-9-7-13(8-10-15)16(18)14(12-17)6-4-2/h7-10,14,16,18H,3-6,11-12,17H2,1-2H3. The van der Waals surface area contributed by atoms with Crippen LogP contribution >= 0.6 is 0 Å². The first kappa shape index (κ1) is 16.0. The Balaban J connectivity index is 2.58. The van der Waals surface area contributed by atoms with Gasteiger partial charge < -0.3 is 15.6 Å². The first-order valence-corrected chi connectivity index (χ1v) is 7.33. The maximum absolute atomic E-state index is 10.3. The van der Waals surface area contributed by atoms with Gasteiger partial charge in [0.05, 0.1) is 12.7 Å². The van der Waals surface area contributed by atoms with Crippen LogP contribution in [-0.2, 0) is 0 Å². The Bertz CT molecular complexity index is 337. The highest BCUT2D eigenvalue weighted by molar-refractivity contribution is 5.28. The minimum atomic E-state index is -0.477. The lowest BCUT2D eigenvalue weighted by molar-refractivity contribution is 0.106. The molecule has 0 saturated carbocycles. The molecule has 3 N–H and O–H groups in total. The molecule has 108 valence electrons. The zero-order valence-corrected chi connectivity index (χ0v) is 12.1. The number of nitrogens with two attached hydrogens (primary N) is 1. The second-order valence-electron chi connectivity index (χ2n) is 5.00. The van der Waals surface area contributed by atoms with Gasteiger partial charge in [-0.15, -0.1) is 0 Å². The van der Waals surface area contributed by atoms with E-state index in [4.69, 9.17) is 10.5 Å². The number of ether oxygens (including phenoxy) is 1. The Hall–Kier alpha value is -1.06. The molecule has 1 rings (SSSR count). The van der Waals surface area contributed by atoms with Crippen molar-refractivity contribution < 1.29 is 9.84 Å². The summed E-state index contributed by atoms with van der Waals surface area (Å²) in [5, 5.41) is 10.3. The zero-order chi connectivity index (χ0) is 14.1. The average Bonchev–Trinajstić information content (AvgIpc) is 2.45. The molecule has 0 fully saturated rings. The summed E-state index contributed by atoms with van der Waals surface area (Å²) in [7, 11) is 0. The van der Waals surface area contributed by atoms with Crippen molar-refractivity contribution >= 4 is 0 Å². The van der Waals surface area contributed by atoms with Gasteiger partial charge in [0.25, 0.3) is 0 Å². The van der Waals surface area contributed by atoms with E-state index in [1.165, 1.54) is 0 Å². The van der Waals surface area contributed by atoms with Crippen LogP contribution in [-0.4, -0.2) is 18.3 Å². The van der Waals surface area contributed by atoms with Crippen LogP contribution in [0.1, 0.15) is 51.2 Å². The maximum atomic E-state index is 10.3. The van der Waals surface area contributed by atoms with Crippen molar-refractivity contribution in [1.82, 2.24) is 0 Å². The highest BCUT2D eigenvalue weighted by atomic mass is 16.5. The SMILES string of the molecule is CCCCOc1ccc(C(O)C(CN)CCC)cc1. The first-order chi connectivity index (χ1) is 9.22. The quantitative estimate of drug-likeness (QED) is 0.674. The first-order valence-electron chi connectivity index (χ1n) is 7.33. The fourth-order valence-corrected chi connectivity index (χ4v) is 2.14. The Morgan fingerprint density at radius 1 is 1.16 bits per heavy atom. The predicted molar refractivity (Wildman–Crippen MR) is 79.3 cm³/mol. The minimum absolute atomic E-state index is 0.136. The molecule has 0 aliphatic carbocycles. The van der Waals surface area contributed by atoms with E-state index < -0.39 is 6.10 Å². The summed E-state index contributed by atoms with van der Waals surface area (Å²) in [6.45, 7) is 5.52. The summed E-state index contributed by atoms with van der Waals surface area (Å²) in [5.74, 6) is 1.00. The highest BCUT2D eigenvalue weighted by Gasteiger charge is 2.18. The Kier molecular flexibility index (Phi) is 7.53. The molecule has 0 heterocycles. The number of aliphatic hydroxyl groups excluding tert-OH is 1. The van der Waals surface area contributed by atoms with Crippen molar-refractivity contribution in [2.24, 2.45) is 11.7 Å². The van der Waals surface area contributed by atoms with Crippen molar-refractivity contribution in [3.8, 4) is 5.75 Å². The van der Waals surface area contributed by atoms with Gasteiger partial charge in [-0.05, 0) is 37.1 Å². The number of rotatable bonds is 9. The highest BCUT2D eigenvalue weighted by Crippen LogP contribution is 2.26. The van der Waals surface area contributed by atoms with E-state index in [2.05, 4.69) is 13.8 Å². The molecule has 19 heavy (non-hydrogen) atoms. The van der Waals surface area contributed by atoms with Crippen LogP contribution in [0.3, 0.4) is 0 Å². The second-order valence-corrected chi connectivity index (χ2v) is 5.00. The van der Waals surface area contributed by atoms with Gasteiger partial charge in [-0.3, -0.25) is 0 Å². The molecule has 0 radical (unpaired) electrons. The van der Waals surface area contributed by atoms with E-state index in [9.17, 15) is 5.11 Å². The van der Waals surface area contributed by atoms with E-state index in [0.717, 1.165) is 43.6 Å². The fraction of sp³-hybridized carbons (Fsp3) is 0.625. The van der Waals surface area contributed by atoms with Crippen LogP contribution in [0.4, 0.5) is 0 Å². The minimum Gasteiger partial charge on any atom is -0.494 e. The molecular weight excluding hydrogens is 238 g/mol. The van der Waals surface area contributed by atoms with Crippen molar-refractivity contribution in [1.29, 1.82) is 0 Å². The number of unbranched alkanes of at least 4 members (excludes halogenated alkanes) is 1. The lowest BCUT2D eigenvalue weighted by Gasteiger charge is -2.21. The third-order valence-corrected chi connectivity index (χ3v) is 3.40. The third kappa shape index (κ3) is 5.21. The molecule has 0 bridgehead atoms. The molecule has 0 aliphatic heterocycles. The molecule has 0 aliphatic rings. The van der Waals surface area contributed by atoms with Gasteiger partial charge >= 0.3 is 0 Å². The summed E-state index contributed by atoms with van der Waals surface area (Å²) >= 11 is 0. The summed E-state index contributed by atoms with van der Waals surface area (Å²) in [6.07, 6.45) is 3.71. The molecule has 3 nitrogen and oxygen atoms in total. The number of hydrogen-bond acceptors (Lipinski definition) is 3. The largest absolute Gasteiger partial charge is 0.494 e. The second kappa shape index (κ2) is 8.94. The van der Waals surface area contributed by atoms with Crippen LogP contribution < -0.4 is 10.5 Å². The lowest BCUT2D eigenvalue weighted by atomic mass is 9.92. The molecule has 2 unspecified atom stereocenters. The van der Waals surface area contributed by atoms with Crippen molar-refractivity contribution in [2.75, 3.05) is 13.2 Å². The van der Waals surface area contributed by atoms with Gasteiger partial charge in [0.1, 0.15) is 5.75 Å². The summed E-state index contributed by atoms with van der Waals surface area (Å²) in [4.78, 5) is 0. The van der Waals surface area contributed by atoms with Gasteiger partial charge in [-0.25, -0.2) is 0 Å². The Morgan fingerprint density at radius 2 is 1.84 bits per heavy atom. The zero-order valence-electron chi connectivity index (χ0n) is 12.1. The molecule has 3 heteroatoms. The molecule has 1 aromatic carbocycles. The van der Waals surface area contributed by atoms with Crippen molar-refractivity contribution in [3.05, 3.63) is 29.8 Å². The lowest BCUT2D eigenvalue weighted by Crippen LogP contribution is -2.21. The molecule has 0 amide bonds. The molecule has 2 atom stereocenters. The van der Waals surface area contributed by atoms with Gasteiger partial charge in [0.2, 0.25) is 0 Å². The van der Waals surface area contributed by atoms with Gasteiger partial charge in [-0.1, -0.05) is 38.8 Å². The monoisotopic (exact) mass is 265 g/mol. The van der Waals surface area contributed by atoms with Crippen molar-refractivity contribution in [3.63, 3.8) is 0 Å². The van der Waals surface area contributed by atoms with Crippen LogP contribution in [0.15, 0.2) is 24.3 Å². The van der Waals surface area contributed by atoms with E-state index >= 15 is 0 Å². The van der Waals surface area contributed by atoms with Crippen LogP contribution in [0.5, 0.6) is 5.75 Å². The smallest absolute Gasteiger partial charge is 0.119 e. The topological polar surface area (TPSA) is 55.5 Å². The number of hydrogen-bond donors (Lipinski definition) is 2. The number of benzene rings is 1. The molecule has 0 saturated heterocycles. The summed E-state index contributed by atoms with van der Waals surface area (Å²) < 4.78 is 5.61. The molecule has 0 aromatic heterocycles. The molecule has 1 aromatic rings. The maximum Gasteiger partial charge on any atom is 0.119 e. The molecular formula is C16H27NO2. The Morgan fingerprint density at radius 3 is 2.37 bits per heavy atom. The van der Waals surface area contributed by atoms with Crippen LogP contribution in [0, 0.1) is 5.92 Å². The number of aliphatic hydroxyl groups is 1. The Labute approximate surface area is 116 Å². The van der Waals surface area contributed by atoms with Gasteiger partial charge in [0.15, 0.2) is 0 Å². The predicted octanol–water partition coefficient (Wildman–Crippen LogP) is 3.27. The summed E-state index contributed by atoms with van der Waals surface area (Å²) in [5.41, 5.74) is 6.65. The van der Waals surface area contributed by atoms with Crippen LogP contribution in [0.25, 0.3) is 0 Å². The van der Waals surface area contributed by atoms with E-state index in [-0.39, 0.29) is 5.92 Å². The fourth-order valence-electron chi connectivity index (χ4n) is 2.14. The van der Waals surface area contributed by atoms with Gasteiger partial charge in [0, 0.05) is 5.92 Å². The van der Waals surface area contributed by atoms with Crippen LogP contribution in [0.2, 0.25) is 0 Å². The van der Waals surface area contributed by atoms with Crippen molar-refractivity contribution in [2.45, 2.75) is 45.6 Å². The molecule has 0 spiro atoms.